The predicted molar refractivity (Wildman–Crippen MR) is 79.5 cm³/mol. The van der Waals surface area contributed by atoms with Crippen molar-refractivity contribution in [1.82, 2.24) is 0 Å². The van der Waals surface area contributed by atoms with Gasteiger partial charge < -0.3 is 16.6 Å². The van der Waals surface area contributed by atoms with Crippen molar-refractivity contribution in [3.63, 3.8) is 0 Å². The highest BCUT2D eigenvalue weighted by atomic mass is 16.3. The molecule has 0 aliphatic heterocycles. The molecular weight excluding hydrogens is 236 g/mol. The summed E-state index contributed by atoms with van der Waals surface area (Å²) in [6, 6.07) is 19.6. The van der Waals surface area contributed by atoms with Gasteiger partial charge in [0.1, 0.15) is 0 Å². The van der Waals surface area contributed by atoms with Crippen LogP contribution in [-0.4, -0.2) is 11.7 Å². The Bertz CT molecular complexity index is 443. The molecule has 2 atom stereocenters. The number of benzene rings is 2. The van der Waals surface area contributed by atoms with Crippen molar-refractivity contribution in [2.24, 2.45) is 11.5 Å². The lowest BCUT2D eigenvalue weighted by atomic mass is 10.1. The molecule has 19 heavy (non-hydrogen) atoms. The second-order valence-electron chi connectivity index (χ2n) is 4.36. The van der Waals surface area contributed by atoms with E-state index in [2.05, 4.69) is 0 Å². The van der Waals surface area contributed by atoms with Crippen molar-refractivity contribution in [3.05, 3.63) is 71.8 Å². The van der Waals surface area contributed by atoms with Gasteiger partial charge in [-0.1, -0.05) is 60.7 Å². The minimum Gasteiger partial charge on any atom is -0.387 e. The third-order valence-corrected chi connectivity index (χ3v) is 2.73. The lowest BCUT2D eigenvalue weighted by Gasteiger charge is -2.05. The van der Waals surface area contributed by atoms with Gasteiger partial charge in [-0.3, -0.25) is 0 Å². The molecule has 3 nitrogen and oxygen atoms in total. The molecule has 3 heteroatoms. The van der Waals surface area contributed by atoms with Crippen LogP contribution in [0.15, 0.2) is 60.7 Å². The lowest BCUT2D eigenvalue weighted by molar-refractivity contribution is 0.187. The standard InChI is InChI=1S/C8H11NO.C8H11N/c9-6-8(10)7-4-2-1-3-5-7;1-7(9)8-5-3-2-4-6-8/h1-5,8,10H,6,9H2;2-7H,9H2,1H3. The number of hydrogen-bond donors (Lipinski definition) is 3. The summed E-state index contributed by atoms with van der Waals surface area (Å²) in [5.74, 6) is 0. The molecule has 0 fully saturated rings. The maximum Gasteiger partial charge on any atom is 0.0912 e. The van der Waals surface area contributed by atoms with E-state index in [-0.39, 0.29) is 12.6 Å². The van der Waals surface area contributed by atoms with Gasteiger partial charge in [-0.2, -0.15) is 0 Å². The van der Waals surface area contributed by atoms with E-state index >= 15 is 0 Å². The van der Waals surface area contributed by atoms with Crippen LogP contribution >= 0.6 is 0 Å². The summed E-state index contributed by atoms with van der Waals surface area (Å²) in [5, 5.41) is 9.20. The third-order valence-electron chi connectivity index (χ3n) is 2.73. The number of nitrogens with two attached hydrogens (primary N) is 2. The highest BCUT2D eigenvalue weighted by molar-refractivity contribution is 5.17. The first-order valence-electron chi connectivity index (χ1n) is 6.38. The van der Waals surface area contributed by atoms with Gasteiger partial charge in [0.2, 0.25) is 0 Å². The van der Waals surface area contributed by atoms with Gasteiger partial charge in [0.05, 0.1) is 6.10 Å². The largest absolute Gasteiger partial charge is 0.387 e. The fourth-order valence-electron chi connectivity index (χ4n) is 1.57. The topological polar surface area (TPSA) is 72.3 Å². The average molecular weight is 258 g/mol. The van der Waals surface area contributed by atoms with Crippen molar-refractivity contribution in [3.8, 4) is 0 Å². The second-order valence-corrected chi connectivity index (χ2v) is 4.36. The van der Waals surface area contributed by atoms with Gasteiger partial charge in [0.15, 0.2) is 0 Å². The number of aliphatic hydroxyl groups excluding tert-OH is 1. The fourth-order valence-corrected chi connectivity index (χ4v) is 1.57. The molecule has 2 rings (SSSR count). The number of hydrogen-bond acceptors (Lipinski definition) is 3. The van der Waals surface area contributed by atoms with E-state index in [9.17, 15) is 5.11 Å². The van der Waals surface area contributed by atoms with E-state index in [0.717, 1.165) is 5.56 Å². The molecule has 5 N–H and O–H groups in total. The van der Waals surface area contributed by atoms with Crippen LogP contribution in [0, 0.1) is 0 Å². The maximum atomic E-state index is 9.20. The Balaban J connectivity index is 0.000000191. The van der Waals surface area contributed by atoms with Crippen LogP contribution < -0.4 is 11.5 Å². The highest BCUT2D eigenvalue weighted by Crippen LogP contribution is 2.09. The van der Waals surface area contributed by atoms with Crippen LogP contribution in [0.5, 0.6) is 0 Å². The molecule has 0 aliphatic rings. The van der Waals surface area contributed by atoms with Crippen LogP contribution in [0.2, 0.25) is 0 Å². The minimum absolute atomic E-state index is 0.159. The van der Waals surface area contributed by atoms with E-state index in [1.807, 2.05) is 67.6 Å². The molecule has 0 aliphatic carbocycles. The Morgan fingerprint density at radius 3 is 1.63 bits per heavy atom. The summed E-state index contributed by atoms with van der Waals surface area (Å²) in [5.41, 5.74) is 12.9. The Kier molecular flexibility index (Phi) is 6.82. The molecule has 0 aromatic heterocycles. The molecule has 0 bridgehead atoms. The van der Waals surface area contributed by atoms with E-state index in [4.69, 9.17) is 11.5 Å². The van der Waals surface area contributed by atoms with E-state index in [1.165, 1.54) is 5.56 Å². The van der Waals surface area contributed by atoms with Gasteiger partial charge in [0.25, 0.3) is 0 Å². The lowest BCUT2D eigenvalue weighted by Crippen LogP contribution is -2.10. The van der Waals surface area contributed by atoms with E-state index in [1.54, 1.807) is 0 Å². The fraction of sp³-hybridized carbons (Fsp3) is 0.250. The SMILES string of the molecule is CC(N)c1ccccc1.NCC(O)c1ccccc1. The first-order valence-corrected chi connectivity index (χ1v) is 6.38. The van der Waals surface area contributed by atoms with Crippen LogP contribution in [0.25, 0.3) is 0 Å². The van der Waals surface area contributed by atoms with E-state index < -0.39 is 6.10 Å². The van der Waals surface area contributed by atoms with Crippen LogP contribution in [0.1, 0.15) is 30.2 Å². The van der Waals surface area contributed by atoms with Crippen LogP contribution in [0.4, 0.5) is 0 Å². The smallest absolute Gasteiger partial charge is 0.0912 e. The molecule has 2 aromatic rings. The van der Waals surface area contributed by atoms with E-state index in [0.29, 0.717) is 0 Å². The third kappa shape index (κ3) is 5.66. The summed E-state index contributed by atoms with van der Waals surface area (Å²) >= 11 is 0. The molecule has 0 amide bonds. The molecule has 0 spiro atoms. The normalized spacial score (nSPS) is 13.1. The zero-order valence-corrected chi connectivity index (χ0v) is 11.2. The molecule has 0 radical (unpaired) electrons. The van der Waals surface area contributed by atoms with Crippen LogP contribution in [-0.2, 0) is 0 Å². The van der Waals surface area contributed by atoms with Gasteiger partial charge in [0, 0.05) is 12.6 Å². The van der Waals surface area contributed by atoms with Crippen LogP contribution in [0.3, 0.4) is 0 Å². The number of rotatable bonds is 3. The Labute approximate surface area is 114 Å². The van der Waals surface area contributed by atoms with Crippen molar-refractivity contribution in [2.45, 2.75) is 19.1 Å². The van der Waals surface area contributed by atoms with Crippen molar-refractivity contribution < 1.29 is 5.11 Å². The molecule has 0 heterocycles. The van der Waals surface area contributed by atoms with Gasteiger partial charge in [-0.25, -0.2) is 0 Å². The summed E-state index contributed by atoms with van der Waals surface area (Å²) < 4.78 is 0. The van der Waals surface area contributed by atoms with Gasteiger partial charge in [-0.15, -0.1) is 0 Å². The molecule has 102 valence electrons. The predicted octanol–water partition coefficient (Wildman–Crippen LogP) is 2.39. The zero-order valence-electron chi connectivity index (χ0n) is 11.2. The molecule has 0 saturated heterocycles. The first-order chi connectivity index (χ1) is 9.15. The Morgan fingerprint density at radius 1 is 0.895 bits per heavy atom. The zero-order chi connectivity index (χ0) is 14.1. The average Bonchev–Trinajstić information content (AvgIpc) is 2.49. The summed E-state index contributed by atoms with van der Waals surface area (Å²) in [6.45, 7) is 2.26. The number of aliphatic hydroxyl groups is 1. The van der Waals surface area contributed by atoms with Crippen molar-refractivity contribution in [2.75, 3.05) is 6.54 Å². The summed E-state index contributed by atoms with van der Waals surface area (Å²) in [7, 11) is 0. The first kappa shape index (κ1) is 15.4. The Morgan fingerprint density at radius 2 is 1.32 bits per heavy atom. The molecular formula is C16H22N2O. The summed E-state index contributed by atoms with van der Waals surface area (Å²) in [6.07, 6.45) is -0.513. The van der Waals surface area contributed by atoms with Gasteiger partial charge >= 0.3 is 0 Å². The highest BCUT2D eigenvalue weighted by Gasteiger charge is 2.01. The monoisotopic (exact) mass is 258 g/mol. The molecule has 2 aromatic carbocycles. The summed E-state index contributed by atoms with van der Waals surface area (Å²) in [4.78, 5) is 0. The van der Waals surface area contributed by atoms with Gasteiger partial charge in [-0.05, 0) is 18.1 Å². The Hall–Kier alpha value is -1.68. The molecule has 2 unspecified atom stereocenters. The minimum atomic E-state index is -0.513. The van der Waals surface area contributed by atoms with Crippen molar-refractivity contribution >= 4 is 0 Å². The second kappa shape index (κ2) is 8.43. The quantitative estimate of drug-likeness (QED) is 0.791. The molecule has 0 saturated carbocycles. The van der Waals surface area contributed by atoms with Crippen molar-refractivity contribution in [1.29, 1.82) is 0 Å². The maximum absolute atomic E-state index is 9.20.